The van der Waals surface area contributed by atoms with E-state index in [9.17, 15) is 4.79 Å². The number of thioether (sulfide) groups is 1. The van der Waals surface area contributed by atoms with Gasteiger partial charge in [-0.25, -0.2) is 0 Å². The second-order valence-corrected chi connectivity index (χ2v) is 6.55. The van der Waals surface area contributed by atoms with Crippen molar-refractivity contribution >= 4 is 33.6 Å². The fourth-order valence-electron chi connectivity index (χ4n) is 2.06. The van der Waals surface area contributed by atoms with Gasteiger partial charge in [0.15, 0.2) is 0 Å². The Morgan fingerprint density at radius 1 is 1.23 bits per heavy atom. The topological polar surface area (TPSA) is 38.3 Å². The summed E-state index contributed by atoms with van der Waals surface area (Å²) in [5.41, 5.74) is 1.68. The molecule has 0 aliphatic carbocycles. The molecule has 0 heterocycles. The molecule has 1 amide bonds. The average molecular weight is 380 g/mol. The Morgan fingerprint density at radius 2 is 1.91 bits per heavy atom. The first-order valence-corrected chi connectivity index (χ1v) is 8.85. The van der Waals surface area contributed by atoms with E-state index in [1.807, 2.05) is 55.6 Å². The van der Waals surface area contributed by atoms with Crippen LogP contribution in [-0.2, 0) is 0 Å². The van der Waals surface area contributed by atoms with Gasteiger partial charge >= 0.3 is 0 Å². The van der Waals surface area contributed by atoms with Crippen molar-refractivity contribution in [1.82, 2.24) is 5.32 Å². The molecule has 0 saturated heterocycles. The van der Waals surface area contributed by atoms with Crippen molar-refractivity contribution in [1.29, 1.82) is 0 Å². The van der Waals surface area contributed by atoms with Crippen molar-refractivity contribution in [2.75, 3.05) is 13.4 Å². The Labute approximate surface area is 143 Å². The van der Waals surface area contributed by atoms with E-state index in [2.05, 4.69) is 21.2 Å². The van der Waals surface area contributed by atoms with Crippen LogP contribution in [0.25, 0.3) is 0 Å². The minimum Gasteiger partial charge on any atom is -0.496 e. The molecule has 2 aromatic carbocycles. The SMILES string of the molecule is COc1ccc([C@H](C)NC(=O)c2ccc(SC)cc2)cc1Br. The predicted octanol–water partition coefficient (Wildman–Crippen LogP) is 4.67. The van der Waals surface area contributed by atoms with Gasteiger partial charge in [0.2, 0.25) is 0 Å². The zero-order valence-electron chi connectivity index (χ0n) is 12.7. The molecule has 0 aromatic heterocycles. The zero-order valence-corrected chi connectivity index (χ0v) is 15.1. The monoisotopic (exact) mass is 379 g/mol. The zero-order chi connectivity index (χ0) is 16.1. The lowest BCUT2D eigenvalue weighted by Gasteiger charge is -2.16. The van der Waals surface area contributed by atoms with Gasteiger partial charge in [0.05, 0.1) is 17.6 Å². The van der Waals surface area contributed by atoms with Gasteiger partial charge < -0.3 is 10.1 Å². The predicted molar refractivity (Wildman–Crippen MR) is 94.8 cm³/mol. The van der Waals surface area contributed by atoms with Crippen LogP contribution in [-0.4, -0.2) is 19.3 Å². The highest BCUT2D eigenvalue weighted by Gasteiger charge is 2.13. The van der Waals surface area contributed by atoms with E-state index in [4.69, 9.17) is 4.74 Å². The first-order valence-electron chi connectivity index (χ1n) is 6.83. The van der Waals surface area contributed by atoms with Gasteiger partial charge in [-0.15, -0.1) is 11.8 Å². The number of carbonyl (C=O) groups is 1. The lowest BCUT2D eigenvalue weighted by molar-refractivity contribution is 0.0940. The molecule has 3 nitrogen and oxygen atoms in total. The summed E-state index contributed by atoms with van der Waals surface area (Å²) in [7, 11) is 1.63. The lowest BCUT2D eigenvalue weighted by Crippen LogP contribution is -2.26. The van der Waals surface area contributed by atoms with Crippen LogP contribution in [0.3, 0.4) is 0 Å². The summed E-state index contributed by atoms with van der Waals surface area (Å²) >= 11 is 5.12. The number of benzene rings is 2. The molecule has 5 heteroatoms. The Hall–Kier alpha value is -1.46. The van der Waals surface area contributed by atoms with Gasteiger partial charge in [-0.1, -0.05) is 6.07 Å². The molecule has 0 saturated carbocycles. The largest absolute Gasteiger partial charge is 0.496 e. The number of methoxy groups -OCH3 is 1. The molecule has 0 aliphatic rings. The number of nitrogens with one attached hydrogen (secondary N) is 1. The maximum absolute atomic E-state index is 12.3. The number of carbonyl (C=O) groups excluding carboxylic acids is 1. The molecule has 116 valence electrons. The van der Waals surface area contributed by atoms with Gasteiger partial charge in [0, 0.05) is 10.5 Å². The Kier molecular flexibility index (Phi) is 5.91. The highest BCUT2D eigenvalue weighted by molar-refractivity contribution is 9.10. The maximum atomic E-state index is 12.3. The summed E-state index contributed by atoms with van der Waals surface area (Å²) in [4.78, 5) is 13.4. The number of amides is 1. The van der Waals surface area contributed by atoms with Gasteiger partial charge in [-0.3, -0.25) is 4.79 Å². The smallest absolute Gasteiger partial charge is 0.251 e. The first kappa shape index (κ1) is 16.9. The molecule has 1 atom stereocenters. The van der Waals surface area contributed by atoms with Gasteiger partial charge in [-0.2, -0.15) is 0 Å². The molecular weight excluding hydrogens is 362 g/mol. The highest BCUT2D eigenvalue weighted by atomic mass is 79.9. The molecule has 0 bridgehead atoms. The van der Waals surface area contributed by atoms with Crippen LogP contribution in [0.15, 0.2) is 51.8 Å². The van der Waals surface area contributed by atoms with Crippen LogP contribution in [0, 0.1) is 0 Å². The summed E-state index contributed by atoms with van der Waals surface area (Å²) in [6.07, 6.45) is 2.01. The van der Waals surface area contributed by atoms with E-state index in [1.54, 1.807) is 18.9 Å². The normalized spacial score (nSPS) is 11.8. The summed E-state index contributed by atoms with van der Waals surface area (Å²) < 4.78 is 6.09. The van der Waals surface area contributed by atoms with Crippen molar-refractivity contribution in [3.8, 4) is 5.75 Å². The van der Waals surface area contributed by atoms with E-state index >= 15 is 0 Å². The van der Waals surface area contributed by atoms with Crippen LogP contribution in [0.4, 0.5) is 0 Å². The standard InChI is InChI=1S/C17H18BrNO2S/c1-11(13-6-9-16(21-2)15(18)10-13)19-17(20)12-4-7-14(22-3)8-5-12/h4-11H,1-3H3,(H,19,20)/t11-/m0/s1. The molecule has 0 fully saturated rings. The van der Waals surface area contributed by atoms with Gasteiger partial charge in [0.25, 0.3) is 5.91 Å². The minimum absolute atomic E-state index is 0.0768. The molecular formula is C17H18BrNO2S. The lowest BCUT2D eigenvalue weighted by atomic mass is 10.1. The fraction of sp³-hybridized carbons (Fsp3) is 0.235. The molecule has 0 unspecified atom stereocenters. The minimum atomic E-state index is -0.0880. The summed E-state index contributed by atoms with van der Waals surface area (Å²) in [6, 6.07) is 13.3. The van der Waals surface area contributed by atoms with Crippen molar-refractivity contribution in [3.63, 3.8) is 0 Å². The van der Waals surface area contributed by atoms with Crippen molar-refractivity contribution in [2.45, 2.75) is 17.9 Å². The van der Waals surface area contributed by atoms with Crippen LogP contribution in [0.5, 0.6) is 5.75 Å². The third-order valence-corrected chi connectivity index (χ3v) is 4.74. The van der Waals surface area contributed by atoms with E-state index < -0.39 is 0 Å². The molecule has 1 N–H and O–H groups in total. The molecule has 0 spiro atoms. The van der Waals surface area contributed by atoms with Crippen molar-refractivity contribution in [3.05, 3.63) is 58.1 Å². The second kappa shape index (κ2) is 7.70. The number of rotatable bonds is 5. The molecule has 2 aromatic rings. The van der Waals surface area contributed by atoms with Crippen molar-refractivity contribution < 1.29 is 9.53 Å². The number of halogens is 1. The fourth-order valence-corrected chi connectivity index (χ4v) is 3.02. The van der Waals surface area contributed by atoms with E-state index in [-0.39, 0.29) is 11.9 Å². The molecule has 2 rings (SSSR count). The van der Waals surface area contributed by atoms with E-state index in [1.165, 1.54) is 0 Å². The van der Waals surface area contributed by atoms with Gasteiger partial charge in [-0.05, 0) is 71.1 Å². The van der Waals surface area contributed by atoms with Crippen LogP contribution in [0.2, 0.25) is 0 Å². The quantitative estimate of drug-likeness (QED) is 0.766. The number of hydrogen-bond acceptors (Lipinski definition) is 3. The Morgan fingerprint density at radius 3 is 2.45 bits per heavy atom. The average Bonchev–Trinajstić information content (AvgIpc) is 2.54. The third kappa shape index (κ3) is 4.05. The summed E-state index contributed by atoms with van der Waals surface area (Å²) in [5.74, 6) is 0.696. The first-order chi connectivity index (χ1) is 10.5. The molecule has 0 aliphatic heterocycles. The van der Waals surface area contributed by atoms with Crippen molar-refractivity contribution in [2.24, 2.45) is 0 Å². The summed E-state index contributed by atoms with van der Waals surface area (Å²) in [6.45, 7) is 1.96. The summed E-state index contributed by atoms with van der Waals surface area (Å²) in [5, 5.41) is 3.01. The van der Waals surface area contributed by atoms with Crippen LogP contribution >= 0.6 is 27.7 Å². The number of hydrogen-bond donors (Lipinski definition) is 1. The number of ether oxygens (including phenoxy) is 1. The Balaban J connectivity index is 2.08. The Bertz CT molecular complexity index is 658. The van der Waals surface area contributed by atoms with E-state index in [0.717, 1.165) is 20.7 Å². The van der Waals surface area contributed by atoms with Gasteiger partial charge in [0.1, 0.15) is 5.75 Å². The maximum Gasteiger partial charge on any atom is 0.251 e. The molecule has 0 radical (unpaired) electrons. The third-order valence-electron chi connectivity index (χ3n) is 3.38. The highest BCUT2D eigenvalue weighted by Crippen LogP contribution is 2.28. The van der Waals surface area contributed by atoms with Crippen LogP contribution in [0.1, 0.15) is 28.9 Å². The molecule has 22 heavy (non-hydrogen) atoms. The van der Waals surface area contributed by atoms with Crippen LogP contribution < -0.4 is 10.1 Å². The second-order valence-electron chi connectivity index (χ2n) is 4.82. The van der Waals surface area contributed by atoms with E-state index in [0.29, 0.717) is 5.56 Å².